The van der Waals surface area contributed by atoms with Crippen LogP contribution in [0.25, 0.3) is 0 Å². The molecule has 2 rings (SSSR count). The molecule has 2 aromatic rings. The van der Waals surface area contributed by atoms with Gasteiger partial charge in [0.15, 0.2) is 6.29 Å². The molecule has 0 amide bonds. The largest absolute Gasteiger partial charge is 0.332 e. The molecule has 0 fully saturated rings. The molecule has 9 nitrogen and oxygen atoms in total. The molecule has 1 aromatic heterocycles. The Hall–Kier alpha value is -3.10. The first-order valence-electron chi connectivity index (χ1n) is 5.40. The number of benzene rings is 1. The van der Waals surface area contributed by atoms with Gasteiger partial charge in [0.1, 0.15) is 5.69 Å². The molecule has 0 aliphatic rings. The molecule has 1 aromatic carbocycles. The van der Waals surface area contributed by atoms with Crippen LogP contribution in [0.4, 0.5) is 11.4 Å². The molecule has 0 unspecified atom stereocenters. The normalized spacial score (nSPS) is 10.2. The number of non-ortho nitro benzene ring substituents is 1. The summed E-state index contributed by atoms with van der Waals surface area (Å²) in [5, 5.41) is 21.6. The summed E-state index contributed by atoms with van der Waals surface area (Å²) >= 11 is 0. The van der Waals surface area contributed by atoms with E-state index in [4.69, 9.17) is 0 Å². The number of nitro benzene ring substituents is 2. The third-order valence-electron chi connectivity index (χ3n) is 2.60. The lowest BCUT2D eigenvalue weighted by molar-refractivity contribution is -0.394. The van der Waals surface area contributed by atoms with Crippen LogP contribution in [0.3, 0.4) is 0 Å². The van der Waals surface area contributed by atoms with Crippen LogP contribution in [0.5, 0.6) is 0 Å². The van der Waals surface area contributed by atoms with E-state index in [0.717, 1.165) is 6.07 Å². The number of hydrogen-bond acceptors (Lipinski definition) is 6. The number of nitro groups is 2. The zero-order valence-corrected chi connectivity index (χ0v) is 10.0. The summed E-state index contributed by atoms with van der Waals surface area (Å²) in [5.41, 5.74) is -0.203. The van der Waals surface area contributed by atoms with Gasteiger partial charge < -0.3 is 4.57 Å². The van der Waals surface area contributed by atoms with Gasteiger partial charge in [0.25, 0.3) is 11.4 Å². The smallest absolute Gasteiger partial charge is 0.281 e. The molecular formula is C11H8N4O5. The second kappa shape index (κ2) is 5.26. The van der Waals surface area contributed by atoms with Crippen molar-refractivity contribution < 1.29 is 14.6 Å². The van der Waals surface area contributed by atoms with Crippen molar-refractivity contribution in [3.63, 3.8) is 0 Å². The molecule has 0 spiro atoms. The van der Waals surface area contributed by atoms with Gasteiger partial charge in [-0.3, -0.25) is 25.0 Å². The van der Waals surface area contributed by atoms with E-state index < -0.39 is 9.85 Å². The highest BCUT2D eigenvalue weighted by Crippen LogP contribution is 2.25. The number of imidazole rings is 1. The summed E-state index contributed by atoms with van der Waals surface area (Å²) in [6.45, 7) is 0.0924. The van der Waals surface area contributed by atoms with E-state index in [0.29, 0.717) is 6.29 Å². The molecule has 1 heterocycles. The topological polar surface area (TPSA) is 121 Å². The Kier molecular flexibility index (Phi) is 3.51. The van der Waals surface area contributed by atoms with Gasteiger partial charge in [-0.15, -0.1) is 0 Å². The van der Waals surface area contributed by atoms with E-state index >= 15 is 0 Å². The fourth-order valence-corrected chi connectivity index (χ4v) is 1.69. The van der Waals surface area contributed by atoms with E-state index in [-0.39, 0.29) is 29.2 Å². The highest BCUT2D eigenvalue weighted by atomic mass is 16.6. The molecule has 0 aliphatic heterocycles. The Balaban J connectivity index is 2.37. The summed E-state index contributed by atoms with van der Waals surface area (Å²) in [5.74, 6) is 0. The molecule has 0 bridgehead atoms. The molecule has 0 saturated carbocycles. The number of carbonyl (C=O) groups excluding carboxylic acids is 1. The minimum Gasteiger partial charge on any atom is -0.332 e. The number of aromatic nitrogens is 2. The predicted octanol–water partition coefficient (Wildman–Crippen LogP) is 1.56. The van der Waals surface area contributed by atoms with Crippen molar-refractivity contribution in [3.05, 3.63) is 62.2 Å². The third-order valence-corrected chi connectivity index (χ3v) is 2.60. The first kappa shape index (κ1) is 13.3. The summed E-state index contributed by atoms with van der Waals surface area (Å²) in [4.78, 5) is 34.5. The Bertz CT molecular complexity index is 694. The van der Waals surface area contributed by atoms with Crippen molar-refractivity contribution in [1.82, 2.24) is 9.55 Å². The van der Waals surface area contributed by atoms with Gasteiger partial charge in [0.2, 0.25) is 0 Å². The second-order valence-electron chi connectivity index (χ2n) is 3.92. The van der Waals surface area contributed by atoms with Crippen molar-refractivity contribution in [2.24, 2.45) is 0 Å². The molecule has 0 atom stereocenters. The molecule has 0 aliphatic carbocycles. The maximum atomic E-state index is 11.0. The minimum atomic E-state index is -0.696. The standard InChI is InChI=1S/C11H8N4O5/c16-6-9-5-13(7-12-9)4-8-1-2-10(14(17)18)3-11(8)15(19)20/h1-3,5-7H,4H2. The minimum absolute atomic E-state index is 0.0924. The quantitative estimate of drug-likeness (QED) is 0.464. The van der Waals surface area contributed by atoms with E-state index in [9.17, 15) is 25.0 Å². The van der Waals surface area contributed by atoms with Gasteiger partial charge in [-0.05, 0) is 6.07 Å². The highest BCUT2D eigenvalue weighted by Gasteiger charge is 2.19. The van der Waals surface area contributed by atoms with Crippen molar-refractivity contribution in [2.45, 2.75) is 6.54 Å². The summed E-state index contributed by atoms with van der Waals surface area (Å²) in [6, 6.07) is 3.42. The number of nitrogens with zero attached hydrogens (tertiary/aromatic N) is 4. The van der Waals surface area contributed by atoms with Gasteiger partial charge in [-0.1, -0.05) is 0 Å². The highest BCUT2D eigenvalue weighted by molar-refractivity contribution is 5.71. The molecule has 0 radical (unpaired) electrons. The van der Waals surface area contributed by atoms with Crippen LogP contribution < -0.4 is 0 Å². The maximum Gasteiger partial charge on any atom is 0.281 e. The molecule has 20 heavy (non-hydrogen) atoms. The first-order valence-corrected chi connectivity index (χ1v) is 5.40. The summed E-state index contributed by atoms with van der Waals surface area (Å²) < 4.78 is 1.48. The zero-order valence-electron chi connectivity index (χ0n) is 10.0. The van der Waals surface area contributed by atoms with Crippen LogP contribution in [0, 0.1) is 20.2 Å². The maximum absolute atomic E-state index is 11.0. The van der Waals surface area contributed by atoms with Gasteiger partial charge in [0, 0.05) is 12.3 Å². The second-order valence-corrected chi connectivity index (χ2v) is 3.92. The lowest BCUT2D eigenvalue weighted by Gasteiger charge is -2.03. The lowest BCUT2D eigenvalue weighted by atomic mass is 10.1. The van der Waals surface area contributed by atoms with Crippen molar-refractivity contribution >= 4 is 17.7 Å². The summed E-state index contributed by atoms with van der Waals surface area (Å²) in [6.07, 6.45) is 3.34. The average molecular weight is 276 g/mol. The summed E-state index contributed by atoms with van der Waals surface area (Å²) in [7, 11) is 0. The molecule has 102 valence electrons. The predicted molar refractivity (Wildman–Crippen MR) is 66.5 cm³/mol. The number of aldehydes is 1. The molecule has 0 saturated heterocycles. The Labute approximate surface area is 111 Å². The van der Waals surface area contributed by atoms with Gasteiger partial charge >= 0.3 is 0 Å². The number of hydrogen-bond donors (Lipinski definition) is 0. The molecule has 9 heteroatoms. The first-order chi connectivity index (χ1) is 9.51. The van der Waals surface area contributed by atoms with Crippen LogP contribution in [0.15, 0.2) is 30.7 Å². The zero-order chi connectivity index (χ0) is 14.7. The Morgan fingerprint density at radius 1 is 1.25 bits per heavy atom. The van der Waals surface area contributed by atoms with Crippen LogP contribution in [0.1, 0.15) is 16.1 Å². The fraction of sp³-hybridized carbons (Fsp3) is 0.0909. The Morgan fingerprint density at radius 3 is 2.55 bits per heavy atom. The van der Waals surface area contributed by atoms with Crippen molar-refractivity contribution in [2.75, 3.05) is 0 Å². The fourth-order valence-electron chi connectivity index (χ4n) is 1.69. The average Bonchev–Trinajstić information content (AvgIpc) is 2.86. The SMILES string of the molecule is O=Cc1cn(Cc2ccc([N+](=O)[O-])cc2[N+](=O)[O-])cn1. The van der Waals surface area contributed by atoms with E-state index in [1.807, 2.05) is 0 Å². The molecular weight excluding hydrogens is 268 g/mol. The van der Waals surface area contributed by atoms with E-state index in [1.165, 1.54) is 29.2 Å². The van der Waals surface area contributed by atoms with Crippen molar-refractivity contribution in [1.29, 1.82) is 0 Å². The van der Waals surface area contributed by atoms with Crippen LogP contribution in [-0.4, -0.2) is 25.7 Å². The van der Waals surface area contributed by atoms with E-state index in [2.05, 4.69) is 4.98 Å². The number of carbonyl (C=O) groups is 1. The number of rotatable bonds is 5. The van der Waals surface area contributed by atoms with Crippen LogP contribution >= 0.6 is 0 Å². The van der Waals surface area contributed by atoms with E-state index in [1.54, 1.807) is 0 Å². The monoisotopic (exact) mass is 276 g/mol. The van der Waals surface area contributed by atoms with Gasteiger partial charge in [-0.2, -0.15) is 0 Å². The molecule has 0 N–H and O–H groups in total. The van der Waals surface area contributed by atoms with Crippen molar-refractivity contribution in [3.8, 4) is 0 Å². The van der Waals surface area contributed by atoms with Gasteiger partial charge in [0.05, 0.1) is 34.3 Å². The lowest BCUT2D eigenvalue weighted by Crippen LogP contribution is -2.02. The van der Waals surface area contributed by atoms with Crippen LogP contribution in [0.2, 0.25) is 0 Å². The third kappa shape index (κ3) is 2.66. The Morgan fingerprint density at radius 2 is 2.00 bits per heavy atom. The van der Waals surface area contributed by atoms with Crippen LogP contribution in [-0.2, 0) is 6.54 Å². The van der Waals surface area contributed by atoms with Gasteiger partial charge in [-0.25, -0.2) is 4.98 Å².